The molecule has 0 radical (unpaired) electrons. The zero-order valence-electron chi connectivity index (χ0n) is 16.3. The molecule has 0 bridgehead atoms. The number of nitrogens with zero attached hydrogens (tertiary/aromatic N) is 3. The number of aromatic nitrogens is 2. The Balaban J connectivity index is 1.39. The topological polar surface area (TPSA) is 83.5 Å². The Morgan fingerprint density at radius 1 is 1.39 bits per heavy atom. The van der Waals surface area contributed by atoms with E-state index in [1.807, 2.05) is 0 Å². The Morgan fingerprint density at radius 3 is 2.96 bits per heavy atom. The first-order valence-corrected chi connectivity index (χ1v) is 9.76. The van der Waals surface area contributed by atoms with E-state index >= 15 is 0 Å². The number of amides is 1. The quantitative estimate of drug-likeness (QED) is 0.708. The summed E-state index contributed by atoms with van der Waals surface area (Å²) in [6.07, 6.45) is 2.19. The van der Waals surface area contributed by atoms with Crippen LogP contribution in [0.4, 0.5) is 0 Å². The van der Waals surface area contributed by atoms with Crippen LogP contribution in [0.25, 0.3) is 10.9 Å². The van der Waals surface area contributed by atoms with Crippen molar-refractivity contribution in [2.24, 2.45) is 0 Å². The van der Waals surface area contributed by atoms with Gasteiger partial charge in [0.1, 0.15) is 5.76 Å². The van der Waals surface area contributed by atoms with Gasteiger partial charge in [-0.05, 0) is 38.0 Å². The summed E-state index contributed by atoms with van der Waals surface area (Å²) in [6.45, 7) is 6.94. The lowest BCUT2D eigenvalue weighted by atomic mass is 10.0. The molecule has 1 aliphatic heterocycles. The number of nitrogens with one attached hydrogen (secondary N) is 1. The van der Waals surface area contributed by atoms with Gasteiger partial charge in [0.25, 0.3) is 5.91 Å². The predicted octanol–water partition coefficient (Wildman–Crippen LogP) is 2.32. The standard InChI is InChI=1S/C21H26N4O3/c1-3-25-10-7-16-15(5-4-6-19(16)25)12-24-9-8-17(20(26)13-24)22-21(27)18-11-14(2)28-23-18/h4-7,10-11,17,20,26H,3,8-9,12-13H2,1-2H3,(H,22,27)/t17-,20-/m1/s1. The van der Waals surface area contributed by atoms with E-state index in [1.54, 1.807) is 13.0 Å². The number of carbonyl (C=O) groups is 1. The van der Waals surface area contributed by atoms with E-state index in [4.69, 9.17) is 4.52 Å². The molecule has 0 spiro atoms. The first-order valence-electron chi connectivity index (χ1n) is 9.76. The second kappa shape index (κ2) is 7.77. The lowest BCUT2D eigenvalue weighted by Crippen LogP contribution is -2.53. The van der Waals surface area contributed by atoms with Gasteiger partial charge >= 0.3 is 0 Å². The lowest BCUT2D eigenvalue weighted by molar-refractivity contribution is 0.0349. The van der Waals surface area contributed by atoms with Gasteiger partial charge < -0.3 is 19.5 Å². The smallest absolute Gasteiger partial charge is 0.273 e. The lowest BCUT2D eigenvalue weighted by Gasteiger charge is -2.36. The van der Waals surface area contributed by atoms with Crippen LogP contribution in [-0.4, -0.2) is 50.9 Å². The second-order valence-electron chi connectivity index (χ2n) is 7.45. The van der Waals surface area contributed by atoms with Gasteiger partial charge in [-0.15, -0.1) is 0 Å². The molecule has 3 heterocycles. The summed E-state index contributed by atoms with van der Waals surface area (Å²) in [4.78, 5) is 14.5. The van der Waals surface area contributed by atoms with Crippen LogP contribution in [0.15, 0.2) is 41.1 Å². The molecule has 1 saturated heterocycles. The molecule has 148 valence electrons. The number of β-amino-alcohol motifs (C(OH)–C–C–N with tert-alkyl or cyclic N) is 1. The highest BCUT2D eigenvalue weighted by Gasteiger charge is 2.30. The van der Waals surface area contributed by atoms with Gasteiger partial charge in [-0.25, -0.2) is 0 Å². The van der Waals surface area contributed by atoms with Gasteiger partial charge in [-0.1, -0.05) is 17.3 Å². The highest BCUT2D eigenvalue weighted by Crippen LogP contribution is 2.23. The second-order valence-corrected chi connectivity index (χ2v) is 7.45. The molecule has 1 aromatic carbocycles. The molecule has 7 nitrogen and oxygen atoms in total. The number of fused-ring (bicyclic) bond motifs is 1. The fourth-order valence-corrected chi connectivity index (χ4v) is 3.97. The minimum atomic E-state index is -0.620. The Labute approximate surface area is 163 Å². The van der Waals surface area contributed by atoms with Crippen LogP contribution < -0.4 is 5.32 Å². The van der Waals surface area contributed by atoms with Gasteiger partial charge in [0.05, 0.1) is 12.1 Å². The maximum absolute atomic E-state index is 12.3. The average Bonchev–Trinajstić information content (AvgIpc) is 3.30. The van der Waals surface area contributed by atoms with E-state index in [2.05, 4.69) is 57.3 Å². The number of rotatable bonds is 5. The van der Waals surface area contributed by atoms with E-state index in [1.165, 1.54) is 16.5 Å². The number of aryl methyl sites for hydroxylation is 2. The number of hydrogen-bond acceptors (Lipinski definition) is 5. The van der Waals surface area contributed by atoms with Crippen LogP contribution in [0, 0.1) is 6.92 Å². The van der Waals surface area contributed by atoms with Gasteiger partial charge in [0.15, 0.2) is 5.69 Å². The van der Waals surface area contributed by atoms with Crippen molar-refractivity contribution >= 4 is 16.8 Å². The van der Waals surface area contributed by atoms with Crippen LogP contribution >= 0.6 is 0 Å². The third-order valence-corrected chi connectivity index (χ3v) is 5.48. The monoisotopic (exact) mass is 382 g/mol. The largest absolute Gasteiger partial charge is 0.390 e. The van der Waals surface area contributed by atoms with Crippen molar-refractivity contribution in [3.63, 3.8) is 0 Å². The number of piperidine rings is 1. The molecule has 1 amide bonds. The molecular formula is C21H26N4O3. The van der Waals surface area contributed by atoms with Crippen LogP contribution in [-0.2, 0) is 13.1 Å². The van der Waals surface area contributed by atoms with E-state index in [0.29, 0.717) is 18.7 Å². The number of aliphatic hydroxyl groups is 1. The number of benzene rings is 1. The fraction of sp³-hybridized carbons (Fsp3) is 0.429. The zero-order chi connectivity index (χ0) is 19.7. The molecule has 2 N–H and O–H groups in total. The molecule has 0 saturated carbocycles. The highest BCUT2D eigenvalue weighted by atomic mass is 16.5. The van der Waals surface area contributed by atoms with Crippen LogP contribution in [0.1, 0.15) is 35.2 Å². The summed E-state index contributed by atoms with van der Waals surface area (Å²) in [6, 6.07) is 9.86. The zero-order valence-corrected chi connectivity index (χ0v) is 16.3. The molecule has 1 fully saturated rings. The van der Waals surface area contributed by atoms with Crippen molar-refractivity contribution in [1.29, 1.82) is 0 Å². The summed E-state index contributed by atoms with van der Waals surface area (Å²) in [5, 5.41) is 18.4. The van der Waals surface area contributed by atoms with Crippen LogP contribution in [0.3, 0.4) is 0 Å². The van der Waals surface area contributed by atoms with Crippen molar-refractivity contribution in [1.82, 2.24) is 19.9 Å². The molecule has 0 aliphatic carbocycles. The first-order chi connectivity index (χ1) is 13.5. The van der Waals surface area contributed by atoms with E-state index in [9.17, 15) is 9.90 Å². The normalized spacial score (nSPS) is 20.5. The van der Waals surface area contributed by atoms with Crippen LogP contribution in [0.2, 0.25) is 0 Å². The van der Waals surface area contributed by atoms with E-state index < -0.39 is 6.10 Å². The molecule has 2 atom stereocenters. The first kappa shape index (κ1) is 18.7. The van der Waals surface area contributed by atoms with Crippen molar-refractivity contribution in [3.8, 4) is 0 Å². The SMILES string of the molecule is CCn1ccc2c(CN3CC[C@@H](NC(=O)c4cc(C)on4)[C@H](O)C3)cccc21. The van der Waals surface area contributed by atoms with E-state index in [-0.39, 0.29) is 17.6 Å². The fourth-order valence-electron chi connectivity index (χ4n) is 3.97. The van der Waals surface area contributed by atoms with E-state index in [0.717, 1.165) is 19.6 Å². The number of likely N-dealkylation sites (tertiary alicyclic amines) is 1. The van der Waals surface area contributed by atoms with Crippen molar-refractivity contribution in [2.45, 2.75) is 45.5 Å². The molecule has 2 aromatic heterocycles. The van der Waals surface area contributed by atoms with Crippen molar-refractivity contribution < 1.29 is 14.4 Å². The Morgan fingerprint density at radius 2 is 2.25 bits per heavy atom. The molecule has 28 heavy (non-hydrogen) atoms. The summed E-state index contributed by atoms with van der Waals surface area (Å²) < 4.78 is 7.18. The Kier molecular flexibility index (Phi) is 5.19. The average molecular weight is 382 g/mol. The summed E-state index contributed by atoms with van der Waals surface area (Å²) in [5.74, 6) is 0.284. The van der Waals surface area contributed by atoms with Gasteiger partial charge in [-0.2, -0.15) is 0 Å². The molecule has 1 aliphatic rings. The van der Waals surface area contributed by atoms with Gasteiger partial charge in [-0.3, -0.25) is 9.69 Å². The minimum absolute atomic E-state index is 0.249. The third-order valence-electron chi connectivity index (χ3n) is 5.48. The number of aliphatic hydroxyl groups excluding tert-OH is 1. The summed E-state index contributed by atoms with van der Waals surface area (Å²) >= 11 is 0. The molecular weight excluding hydrogens is 356 g/mol. The predicted molar refractivity (Wildman–Crippen MR) is 106 cm³/mol. The summed E-state index contributed by atoms with van der Waals surface area (Å²) in [7, 11) is 0. The van der Waals surface area contributed by atoms with Gasteiger partial charge in [0.2, 0.25) is 0 Å². The molecule has 3 aromatic rings. The Bertz CT molecular complexity index is 977. The van der Waals surface area contributed by atoms with Crippen molar-refractivity contribution in [3.05, 3.63) is 53.5 Å². The maximum Gasteiger partial charge on any atom is 0.273 e. The molecule has 7 heteroatoms. The number of carbonyl (C=O) groups excluding carboxylic acids is 1. The molecule has 4 rings (SSSR count). The molecule has 0 unspecified atom stereocenters. The third kappa shape index (κ3) is 3.68. The van der Waals surface area contributed by atoms with Gasteiger partial charge in [0, 0.05) is 49.3 Å². The maximum atomic E-state index is 12.3. The summed E-state index contributed by atoms with van der Waals surface area (Å²) in [5.41, 5.74) is 2.75. The Hall–Kier alpha value is -2.64. The minimum Gasteiger partial charge on any atom is -0.390 e. The van der Waals surface area contributed by atoms with Crippen molar-refractivity contribution in [2.75, 3.05) is 13.1 Å². The van der Waals surface area contributed by atoms with Crippen LogP contribution in [0.5, 0.6) is 0 Å². The highest BCUT2D eigenvalue weighted by molar-refractivity contribution is 5.92. The number of hydrogen-bond donors (Lipinski definition) is 2.